The largest absolute Gasteiger partial charge is 0.490 e. The van der Waals surface area contributed by atoms with Crippen molar-refractivity contribution in [3.8, 4) is 5.75 Å². The van der Waals surface area contributed by atoms with E-state index in [0.717, 1.165) is 17.7 Å². The van der Waals surface area contributed by atoms with Crippen LogP contribution in [0.25, 0.3) is 0 Å². The first-order valence-electron chi connectivity index (χ1n) is 6.92. The van der Waals surface area contributed by atoms with E-state index in [1.54, 1.807) is 6.20 Å². The predicted molar refractivity (Wildman–Crippen MR) is 87.0 cm³/mol. The standard InChI is InChI=1S/C16H18Cl2N2O/c1-2-7-21-16-14(17)8-12(9-15(16)18)10-19-11-13-5-3-4-6-20-13/h3-6,8-9,19H,2,7,10-11H2,1H3. The average molecular weight is 325 g/mol. The van der Waals surface area contributed by atoms with Crippen LogP contribution < -0.4 is 10.1 Å². The summed E-state index contributed by atoms with van der Waals surface area (Å²) in [6, 6.07) is 9.61. The number of hydrogen-bond acceptors (Lipinski definition) is 3. The Bertz CT molecular complexity index is 553. The number of benzene rings is 1. The summed E-state index contributed by atoms with van der Waals surface area (Å²) < 4.78 is 5.55. The number of halogens is 2. The van der Waals surface area contributed by atoms with Crippen molar-refractivity contribution in [3.63, 3.8) is 0 Å². The van der Waals surface area contributed by atoms with E-state index in [1.165, 1.54) is 0 Å². The Morgan fingerprint density at radius 1 is 1.14 bits per heavy atom. The minimum atomic E-state index is 0.547. The first-order chi connectivity index (χ1) is 10.2. The normalized spacial score (nSPS) is 10.6. The monoisotopic (exact) mass is 324 g/mol. The summed E-state index contributed by atoms with van der Waals surface area (Å²) >= 11 is 12.4. The van der Waals surface area contributed by atoms with E-state index in [9.17, 15) is 0 Å². The van der Waals surface area contributed by atoms with Crippen LogP contribution in [-0.2, 0) is 13.1 Å². The molecular formula is C16H18Cl2N2O. The van der Waals surface area contributed by atoms with Gasteiger partial charge >= 0.3 is 0 Å². The van der Waals surface area contributed by atoms with Crippen LogP contribution in [-0.4, -0.2) is 11.6 Å². The molecule has 0 aliphatic heterocycles. The topological polar surface area (TPSA) is 34.1 Å². The summed E-state index contributed by atoms with van der Waals surface area (Å²) in [7, 11) is 0. The van der Waals surface area contributed by atoms with Gasteiger partial charge in [0.15, 0.2) is 5.75 Å². The molecule has 2 rings (SSSR count). The maximum Gasteiger partial charge on any atom is 0.156 e. The lowest BCUT2D eigenvalue weighted by molar-refractivity contribution is 0.317. The first kappa shape index (κ1) is 16.1. The molecule has 0 spiro atoms. The van der Waals surface area contributed by atoms with Crippen molar-refractivity contribution in [1.29, 1.82) is 0 Å². The summed E-state index contributed by atoms with van der Waals surface area (Å²) in [5.41, 5.74) is 2.02. The summed E-state index contributed by atoms with van der Waals surface area (Å²) in [6.45, 7) is 4.02. The second-order valence-corrected chi connectivity index (χ2v) is 5.48. The summed E-state index contributed by atoms with van der Waals surface area (Å²) in [5.74, 6) is 0.564. The fraction of sp³-hybridized carbons (Fsp3) is 0.312. The van der Waals surface area contributed by atoms with Gasteiger partial charge in [0.05, 0.1) is 22.3 Å². The third-order valence-corrected chi connectivity index (χ3v) is 3.43. The van der Waals surface area contributed by atoms with E-state index in [2.05, 4.69) is 10.3 Å². The van der Waals surface area contributed by atoms with Gasteiger partial charge in [-0.1, -0.05) is 36.2 Å². The zero-order chi connectivity index (χ0) is 15.1. The van der Waals surface area contributed by atoms with Gasteiger partial charge in [0.2, 0.25) is 0 Å². The lowest BCUT2D eigenvalue weighted by Crippen LogP contribution is -2.13. The van der Waals surface area contributed by atoms with E-state index in [-0.39, 0.29) is 0 Å². The van der Waals surface area contributed by atoms with Gasteiger partial charge in [-0.3, -0.25) is 4.98 Å². The molecule has 2 aromatic rings. The molecule has 3 nitrogen and oxygen atoms in total. The fourth-order valence-electron chi connectivity index (χ4n) is 1.89. The van der Waals surface area contributed by atoms with Crippen molar-refractivity contribution in [2.75, 3.05) is 6.61 Å². The molecule has 1 aromatic carbocycles. The molecule has 1 aromatic heterocycles. The minimum absolute atomic E-state index is 0.547. The van der Waals surface area contributed by atoms with Gasteiger partial charge in [0, 0.05) is 19.3 Å². The average Bonchev–Trinajstić information content (AvgIpc) is 2.48. The lowest BCUT2D eigenvalue weighted by atomic mass is 10.2. The Balaban J connectivity index is 1.95. The van der Waals surface area contributed by atoms with E-state index in [0.29, 0.717) is 35.5 Å². The number of hydrogen-bond donors (Lipinski definition) is 1. The SMILES string of the molecule is CCCOc1c(Cl)cc(CNCc2ccccn2)cc1Cl. The smallest absolute Gasteiger partial charge is 0.156 e. The molecule has 0 saturated carbocycles. The number of rotatable bonds is 7. The van der Waals surface area contributed by atoms with Crippen molar-refractivity contribution in [3.05, 3.63) is 57.8 Å². The molecule has 0 fully saturated rings. The Morgan fingerprint density at radius 3 is 2.52 bits per heavy atom. The highest BCUT2D eigenvalue weighted by molar-refractivity contribution is 6.37. The summed E-state index contributed by atoms with van der Waals surface area (Å²) in [6.07, 6.45) is 2.70. The molecular weight excluding hydrogens is 307 g/mol. The zero-order valence-electron chi connectivity index (χ0n) is 11.9. The zero-order valence-corrected chi connectivity index (χ0v) is 13.4. The molecule has 0 saturated heterocycles. The molecule has 0 unspecified atom stereocenters. The Hall–Kier alpha value is -1.29. The van der Waals surface area contributed by atoms with Gasteiger partial charge in [0.25, 0.3) is 0 Å². The van der Waals surface area contributed by atoms with Crippen molar-refractivity contribution < 1.29 is 4.74 Å². The highest BCUT2D eigenvalue weighted by Crippen LogP contribution is 2.34. The third kappa shape index (κ3) is 4.88. The van der Waals surface area contributed by atoms with Crippen molar-refractivity contribution in [2.45, 2.75) is 26.4 Å². The Labute approximate surface area is 135 Å². The van der Waals surface area contributed by atoms with Crippen LogP contribution >= 0.6 is 23.2 Å². The molecule has 21 heavy (non-hydrogen) atoms. The minimum Gasteiger partial charge on any atom is -0.490 e. The Kier molecular flexibility index (Phi) is 6.30. The molecule has 0 bridgehead atoms. The number of nitrogens with one attached hydrogen (secondary N) is 1. The van der Waals surface area contributed by atoms with Crippen molar-refractivity contribution in [1.82, 2.24) is 10.3 Å². The van der Waals surface area contributed by atoms with Crippen LogP contribution in [0.15, 0.2) is 36.5 Å². The van der Waals surface area contributed by atoms with Gasteiger partial charge in [-0.05, 0) is 36.2 Å². The van der Waals surface area contributed by atoms with Crippen LogP contribution in [0.1, 0.15) is 24.6 Å². The molecule has 5 heteroatoms. The highest BCUT2D eigenvalue weighted by atomic mass is 35.5. The quantitative estimate of drug-likeness (QED) is 0.816. The lowest BCUT2D eigenvalue weighted by Gasteiger charge is -2.11. The van der Waals surface area contributed by atoms with E-state index in [1.807, 2.05) is 37.3 Å². The van der Waals surface area contributed by atoms with Crippen molar-refractivity contribution >= 4 is 23.2 Å². The fourth-order valence-corrected chi connectivity index (χ4v) is 2.54. The van der Waals surface area contributed by atoms with E-state index in [4.69, 9.17) is 27.9 Å². The highest BCUT2D eigenvalue weighted by Gasteiger charge is 2.09. The van der Waals surface area contributed by atoms with Crippen LogP contribution in [0.5, 0.6) is 5.75 Å². The maximum absolute atomic E-state index is 6.22. The van der Waals surface area contributed by atoms with Crippen LogP contribution in [0.4, 0.5) is 0 Å². The van der Waals surface area contributed by atoms with Gasteiger partial charge in [-0.2, -0.15) is 0 Å². The number of nitrogens with zero attached hydrogens (tertiary/aromatic N) is 1. The summed E-state index contributed by atoms with van der Waals surface area (Å²) in [5, 5.41) is 4.41. The molecule has 0 radical (unpaired) electrons. The van der Waals surface area contributed by atoms with Gasteiger partial charge in [0.1, 0.15) is 0 Å². The maximum atomic E-state index is 6.22. The Morgan fingerprint density at radius 2 is 1.90 bits per heavy atom. The number of aromatic nitrogens is 1. The molecule has 0 atom stereocenters. The molecule has 1 N–H and O–H groups in total. The van der Waals surface area contributed by atoms with E-state index >= 15 is 0 Å². The molecule has 0 aliphatic rings. The van der Waals surface area contributed by atoms with Gasteiger partial charge in [-0.25, -0.2) is 0 Å². The number of pyridine rings is 1. The second kappa shape index (κ2) is 8.23. The molecule has 0 amide bonds. The third-order valence-electron chi connectivity index (χ3n) is 2.87. The van der Waals surface area contributed by atoms with Crippen molar-refractivity contribution in [2.24, 2.45) is 0 Å². The number of ether oxygens (including phenoxy) is 1. The van der Waals surface area contributed by atoms with E-state index < -0.39 is 0 Å². The second-order valence-electron chi connectivity index (χ2n) is 4.66. The first-order valence-corrected chi connectivity index (χ1v) is 7.67. The molecule has 1 heterocycles. The van der Waals surface area contributed by atoms with Crippen LogP contribution in [0.3, 0.4) is 0 Å². The van der Waals surface area contributed by atoms with Crippen LogP contribution in [0, 0.1) is 0 Å². The molecule has 0 aliphatic carbocycles. The van der Waals surface area contributed by atoms with Gasteiger partial charge < -0.3 is 10.1 Å². The predicted octanol–water partition coefficient (Wildman–Crippen LogP) is 4.47. The van der Waals surface area contributed by atoms with Crippen LogP contribution in [0.2, 0.25) is 10.0 Å². The summed E-state index contributed by atoms with van der Waals surface area (Å²) in [4.78, 5) is 4.26. The molecule has 112 valence electrons. The van der Waals surface area contributed by atoms with Gasteiger partial charge in [-0.15, -0.1) is 0 Å².